The molecule has 3 N–H and O–H groups in total. The lowest BCUT2D eigenvalue weighted by molar-refractivity contribution is 0.478. The Bertz CT molecular complexity index is 631. The van der Waals surface area contributed by atoms with Crippen LogP contribution in [0.1, 0.15) is 11.5 Å². The van der Waals surface area contributed by atoms with Crippen LogP contribution in [0.2, 0.25) is 0 Å². The summed E-state index contributed by atoms with van der Waals surface area (Å²) in [5.74, 6) is 0.789. The average molecular weight is 284 g/mol. The minimum atomic E-state index is -3.57. The maximum absolute atomic E-state index is 12.1. The maximum Gasteiger partial charge on any atom is 0.244 e. The normalized spacial score (nSPS) is 11.9. The summed E-state index contributed by atoms with van der Waals surface area (Å²) < 4.78 is 33.5. The van der Waals surface area contributed by atoms with Crippen LogP contribution >= 0.6 is 0 Å². The Kier molecular flexibility index (Phi) is 4.03. The van der Waals surface area contributed by atoms with E-state index in [1.54, 1.807) is 30.1 Å². The molecule has 0 aromatic carbocycles. The molecule has 8 heteroatoms. The number of nitrogens with one attached hydrogen (secondary N) is 1. The Morgan fingerprint density at radius 1 is 1.53 bits per heavy atom. The number of hydrogen-bond acceptors (Lipinski definition) is 5. The predicted molar refractivity (Wildman–Crippen MR) is 68.8 cm³/mol. The summed E-state index contributed by atoms with van der Waals surface area (Å²) in [5, 5.41) is 3.99. The van der Waals surface area contributed by atoms with Crippen molar-refractivity contribution in [1.29, 1.82) is 0 Å². The van der Waals surface area contributed by atoms with E-state index in [4.69, 9.17) is 10.2 Å². The molecule has 2 heterocycles. The summed E-state index contributed by atoms with van der Waals surface area (Å²) in [5.41, 5.74) is 5.42. The first-order chi connectivity index (χ1) is 9.03. The van der Waals surface area contributed by atoms with Crippen molar-refractivity contribution in [2.45, 2.75) is 24.9 Å². The highest BCUT2D eigenvalue weighted by atomic mass is 32.2. The lowest BCUT2D eigenvalue weighted by atomic mass is 10.4. The van der Waals surface area contributed by atoms with E-state index < -0.39 is 10.0 Å². The molecule has 2 aromatic rings. The van der Waals surface area contributed by atoms with Crippen molar-refractivity contribution in [1.82, 2.24) is 14.5 Å². The van der Waals surface area contributed by atoms with Gasteiger partial charge < -0.3 is 10.2 Å². The van der Waals surface area contributed by atoms with Gasteiger partial charge in [0.15, 0.2) is 0 Å². The van der Waals surface area contributed by atoms with Gasteiger partial charge in [-0.15, -0.1) is 0 Å². The summed E-state index contributed by atoms with van der Waals surface area (Å²) in [6.07, 6.45) is 3.41. The zero-order chi connectivity index (χ0) is 13.9. The van der Waals surface area contributed by atoms with E-state index in [9.17, 15) is 8.42 Å². The minimum absolute atomic E-state index is 0.133. The van der Waals surface area contributed by atoms with Crippen molar-refractivity contribution in [2.24, 2.45) is 5.73 Å². The Balaban J connectivity index is 2.03. The van der Waals surface area contributed by atoms with Gasteiger partial charge in [0.05, 0.1) is 13.1 Å². The summed E-state index contributed by atoms with van der Waals surface area (Å²) in [4.78, 5) is 0.133. The molecule has 104 valence electrons. The Labute approximate surface area is 111 Å². The fourth-order valence-corrected chi connectivity index (χ4v) is 2.92. The Hall–Kier alpha value is -1.64. The summed E-state index contributed by atoms with van der Waals surface area (Å²) in [7, 11) is -3.57. The standard InChI is InChI=1S/C11H16N4O3S/c1-9-11(7-10(8-12)18-9)19(16,17)14-4-6-15-5-2-3-13-15/h2-3,5,7,14H,4,6,8,12H2,1H3. The molecule has 0 spiro atoms. The lowest BCUT2D eigenvalue weighted by Crippen LogP contribution is -2.27. The van der Waals surface area contributed by atoms with Crippen molar-refractivity contribution < 1.29 is 12.8 Å². The smallest absolute Gasteiger partial charge is 0.244 e. The van der Waals surface area contributed by atoms with Crippen LogP contribution in [0, 0.1) is 6.92 Å². The molecule has 0 aliphatic carbocycles. The molecule has 19 heavy (non-hydrogen) atoms. The predicted octanol–water partition coefficient (Wildman–Crippen LogP) is 0.222. The number of rotatable bonds is 6. The molecule has 2 aromatic heterocycles. The molecule has 0 amide bonds. The topological polar surface area (TPSA) is 103 Å². The molecule has 2 rings (SSSR count). The summed E-state index contributed by atoms with van der Waals surface area (Å²) >= 11 is 0. The molecule has 0 bridgehead atoms. The van der Waals surface area contributed by atoms with Crippen molar-refractivity contribution in [3.05, 3.63) is 36.0 Å². The highest BCUT2D eigenvalue weighted by Gasteiger charge is 2.20. The van der Waals surface area contributed by atoms with E-state index in [0.717, 1.165) is 0 Å². The van der Waals surface area contributed by atoms with Crippen LogP contribution in [-0.4, -0.2) is 24.7 Å². The van der Waals surface area contributed by atoms with Gasteiger partial charge in [-0.05, 0) is 13.0 Å². The molecule has 0 saturated carbocycles. The van der Waals surface area contributed by atoms with Crippen LogP contribution in [0.25, 0.3) is 0 Å². The van der Waals surface area contributed by atoms with Gasteiger partial charge in [-0.3, -0.25) is 4.68 Å². The number of aryl methyl sites for hydroxylation is 1. The highest BCUT2D eigenvalue weighted by molar-refractivity contribution is 7.89. The van der Waals surface area contributed by atoms with Crippen molar-refractivity contribution in [2.75, 3.05) is 6.54 Å². The van der Waals surface area contributed by atoms with Gasteiger partial charge in [0.1, 0.15) is 16.4 Å². The fourth-order valence-electron chi connectivity index (χ4n) is 1.70. The zero-order valence-corrected chi connectivity index (χ0v) is 11.4. The van der Waals surface area contributed by atoms with E-state index in [2.05, 4.69) is 9.82 Å². The monoisotopic (exact) mass is 284 g/mol. The Morgan fingerprint density at radius 3 is 2.89 bits per heavy atom. The van der Waals surface area contributed by atoms with E-state index in [1.807, 2.05) is 0 Å². The molecule has 0 aliphatic rings. The van der Waals surface area contributed by atoms with E-state index in [0.29, 0.717) is 18.1 Å². The van der Waals surface area contributed by atoms with Gasteiger partial charge in [-0.1, -0.05) is 0 Å². The van der Waals surface area contributed by atoms with Crippen molar-refractivity contribution in [3.63, 3.8) is 0 Å². The number of nitrogens with two attached hydrogens (primary N) is 1. The molecule has 0 aliphatic heterocycles. The molecule has 0 fully saturated rings. The van der Waals surface area contributed by atoms with E-state index >= 15 is 0 Å². The van der Waals surface area contributed by atoms with Crippen LogP contribution < -0.4 is 10.5 Å². The molecule has 0 saturated heterocycles. The lowest BCUT2D eigenvalue weighted by Gasteiger charge is -2.05. The van der Waals surface area contributed by atoms with E-state index in [1.165, 1.54) is 6.07 Å². The van der Waals surface area contributed by atoms with Crippen molar-refractivity contribution in [3.8, 4) is 0 Å². The third kappa shape index (κ3) is 3.22. The van der Waals surface area contributed by atoms with Gasteiger partial charge in [-0.25, -0.2) is 13.1 Å². The number of sulfonamides is 1. The summed E-state index contributed by atoms with van der Waals surface area (Å²) in [6, 6.07) is 3.23. The second-order valence-electron chi connectivity index (χ2n) is 4.00. The quantitative estimate of drug-likeness (QED) is 0.790. The molecule has 0 radical (unpaired) electrons. The summed E-state index contributed by atoms with van der Waals surface area (Å²) in [6.45, 7) is 2.49. The molecular weight excluding hydrogens is 268 g/mol. The third-order valence-corrected chi connectivity index (χ3v) is 4.17. The van der Waals surface area contributed by atoms with E-state index in [-0.39, 0.29) is 18.0 Å². The first-order valence-electron chi connectivity index (χ1n) is 5.79. The second-order valence-corrected chi connectivity index (χ2v) is 5.74. The molecular formula is C11H16N4O3S. The number of hydrogen-bond donors (Lipinski definition) is 2. The largest absolute Gasteiger partial charge is 0.464 e. The van der Waals surface area contributed by atoms with Crippen molar-refractivity contribution >= 4 is 10.0 Å². The third-order valence-electron chi connectivity index (χ3n) is 2.61. The minimum Gasteiger partial charge on any atom is -0.464 e. The van der Waals surface area contributed by atoms with Gasteiger partial charge in [0, 0.05) is 25.0 Å². The van der Waals surface area contributed by atoms with Crippen LogP contribution in [0.4, 0.5) is 0 Å². The number of aromatic nitrogens is 2. The first-order valence-corrected chi connectivity index (χ1v) is 7.27. The second kappa shape index (κ2) is 5.55. The van der Waals surface area contributed by atoms with Crippen LogP contribution in [0.3, 0.4) is 0 Å². The SMILES string of the molecule is Cc1oc(CN)cc1S(=O)(=O)NCCn1cccn1. The number of nitrogens with zero attached hydrogens (tertiary/aromatic N) is 2. The average Bonchev–Trinajstić information content (AvgIpc) is 2.98. The van der Waals surface area contributed by atoms with Gasteiger partial charge >= 0.3 is 0 Å². The first kappa shape index (κ1) is 13.8. The van der Waals surface area contributed by atoms with Crippen LogP contribution in [0.15, 0.2) is 33.8 Å². The highest BCUT2D eigenvalue weighted by Crippen LogP contribution is 2.19. The molecule has 0 atom stereocenters. The molecule has 0 unspecified atom stereocenters. The zero-order valence-electron chi connectivity index (χ0n) is 10.5. The molecule has 7 nitrogen and oxygen atoms in total. The van der Waals surface area contributed by atoms with Gasteiger partial charge in [0.2, 0.25) is 10.0 Å². The fraction of sp³-hybridized carbons (Fsp3) is 0.364. The Morgan fingerprint density at radius 2 is 2.32 bits per heavy atom. The maximum atomic E-state index is 12.1. The van der Waals surface area contributed by atoms with Gasteiger partial charge in [0.25, 0.3) is 0 Å². The van der Waals surface area contributed by atoms with Crippen LogP contribution in [0.5, 0.6) is 0 Å². The van der Waals surface area contributed by atoms with Crippen LogP contribution in [-0.2, 0) is 23.1 Å². The number of furan rings is 1. The van der Waals surface area contributed by atoms with Gasteiger partial charge in [-0.2, -0.15) is 5.10 Å².